The molecule has 10 aromatic rings. The monoisotopic (exact) mass is 923 g/mol. The minimum atomic E-state index is -0.229. The van der Waals surface area contributed by atoms with Gasteiger partial charge < -0.3 is 9.64 Å². The van der Waals surface area contributed by atoms with Gasteiger partial charge in [0.05, 0.1) is 0 Å². The summed E-state index contributed by atoms with van der Waals surface area (Å²) in [6.45, 7) is 9.60. The van der Waals surface area contributed by atoms with E-state index >= 15 is 0 Å². The van der Waals surface area contributed by atoms with E-state index in [4.69, 9.17) is 4.74 Å². The van der Waals surface area contributed by atoms with Crippen molar-refractivity contribution in [3.05, 3.63) is 270 Å². The van der Waals surface area contributed by atoms with Gasteiger partial charge in [-0.2, -0.15) is 0 Å². The zero-order valence-electron chi connectivity index (χ0n) is 41.0. The SMILES string of the molecule is CC1(C)c2cc(C3=CC4c5ccccc5OC4C=C3)ccc2-c2ccc(N(c3ccc(-c4ccc(-c5ccccc5)cc4)cc3)c3ccc4c(c3)C(C)(C)c3cc(-c5ccc6ccccc6c5)ccc3-4)cc21. The van der Waals surface area contributed by atoms with Gasteiger partial charge in [0.1, 0.15) is 11.9 Å². The third-order valence-corrected chi connectivity index (χ3v) is 16.4. The zero-order valence-corrected chi connectivity index (χ0v) is 41.0. The van der Waals surface area contributed by atoms with Crippen LogP contribution in [0.5, 0.6) is 5.75 Å². The molecule has 2 heteroatoms. The maximum absolute atomic E-state index is 6.32. The van der Waals surface area contributed by atoms with Crippen LogP contribution < -0.4 is 9.64 Å². The van der Waals surface area contributed by atoms with Gasteiger partial charge in [-0.15, -0.1) is 0 Å². The fourth-order valence-corrected chi connectivity index (χ4v) is 12.4. The first-order chi connectivity index (χ1) is 35.2. The number of allylic oxidation sites excluding steroid dienone is 2. The number of benzene rings is 10. The van der Waals surface area contributed by atoms with Crippen LogP contribution in [0.1, 0.15) is 67.0 Å². The maximum Gasteiger partial charge on any atom is 0.128 e. The van der Waals surface area contributed by atoms with Crippen molar-refractivity contribution in [3.8, 4) is 61.4 Å². The van der Waals surface area contributed by atoms with Gasteiger partial charge in [0, 0.05) is 39.4 Å². The Bertz CT molecular complexity index is 3890. The molecule has 1 aliphatic heterocycles. The van der Waals surface area contributed by atoms with E-state index in [1.807, 2.05) is 0 Å². The molecule has 4 aliphatic rings. The van der Waals surface area contributed by atoms with Crippen molar-refractivity contribution in [1.29, 1.82) is 0 Å². The van der Waals surface area contributed by atoms with E-state index in [1.54, 1.807) is 0 Å². The Kier molecular flexibility index (Phi) is 9.45. The Morgan fingerprint density at radius 2 is 0.833 bits per heavy atom. The minimum Gasteiger partial charge on any atom is -0.485 e. The molecule has 10 aromatic carbocycles. The van der Waals surface area contributed by atoms with Crippen LogP contribution in [0.15, 0.2) is 237 Å². The van der Waals surface area contributed by atoms with Gasteiger partial charge in [0.15, 0.2) is 0 Å². The van der Waals surface area contributed by atoms with Crippen molar-refractivity contribution in [1.82, 2.24) is 0 Å². The molecule has 344 valence electrons. The predicted molar refractivity (Wildman–Crippen MR) is 301 cm³/mol. The molecule has 14 rings (SSSR count). The second-order valence-electron chi connectivity index (χ2n) is 21.2. The summed E-state index contributed by atoms with van der Waals surface area (Å²) in [4.78, 5) is 2.47. The molecule has 1 heterocycles. The molecule has 0 aromatic heterocycles. The lowest BCUT2D eigenvalue weighted by atomic mass is 9.80. The van der Waals surface area contributed by atoms with Gasteiger partial charge in [-0.3, -0.25) is 0 Å². The first-order valence-corrected chi connectivity index (χ1v) is 25.5. The molecule has 0 spiro atoms. The molecule has 0 bridgehead atoms. The molecule has 2 unspecified atom stereocenters. The number of rotatable bonds is 7. The summed E-state index contributed by atoms with van der Waals surface area (Å²) >= 11 is 0. The van der Waals surface area contributed by atoms with Crippen molar-refractivity contribution >= 4 is 33.4 Å². The topological polar surface area (TPSA) is 12.5 Å². The van der Waals surface area contributed by atoms with Crippen molar-refractivity contribution in [3.63, 3.8) is 0 Å². The van der Waals surface area contributed by atoms with Crippen LogP contribution in [0.2, 0.25) is 0 Å². The Morgan fingerprint density at radius 1 is 0.375 bits per heavy atom. The molecule has 72 heavy (non-hydrogen) atoms. The highest BCUT2D eigenvalue weighted by Gasteiger charge is 2.39. The summed E-state index contributed by atoms with van der Waals surface area (Å²) in [7, 11) is 0. The average Bonchev–Trinajstić information content (AvgIpc) is 3.99. The molecule has 0 saturated carbocycles. The molecule has 0 saturated heterocycles. The standard InChI is InChI=1S/C70H53NO/c1-69(2)63-40-52(50-23-22-45-14-8-9-15-49(45)38-50)26-33-57(63)59-35-31-55(42-65(59)69)71(54-29-24-48(25-30-54)47-20-18-46(19-21-47)44-12-6-5-7-13-44)56-32-36-60-58-34-27-53(41-64(58)70(3,4)66(60)43-56)51-28-37-68-62(39-51)61-16-10-11-17-67(61)72-68/h5-43,62,68H,1-4H3. The number of ether oxygens (including phenoxy) is 1. The lowest BCUT2D eigenvalue weighted by Crippen LogP contribution is -2.18. The van der Waals surface area contributed by atoms with Crippen LogP contribution in [0.4, 0.5) is 17.1 Å². The summed E-state index contributed by atoms with van der Waals surface area (Å²) in [5.74, 6) is 1.21. The molecule has 3 aliphatic carbocycles. The first kappa shape index (κ1) is 42.4. The Balaban J connectivity index is 0.840. The average molecular weight is 924 g/mol. The number of para-hydroxylation sites is 1. The molecular formula is C70H53NO. The quantitative estimate of drug-likeness (QED) is 0.158. The molecule has 2 nitrogen and oxygen atoms in total. The highest BCUT2D eigenvalue weighted by molar-refractivity contribution is 5.92. The van der Waals surface area contributed by atoms with Gasteiger partial charge in [-0.25, -0.2) is 0 Å². The van der Waals surface area contributed by atoms with Gasteiger partial charge in [0.25, 0.3) is 0 Å². The number of nitrogens with zero attached hydrogens (tertiary/aromatic N) is 1. The molecular weight excluding hydrogens is 871 g/mol. The van der Waals surface area contributed by atoms with E-state index in [1.165, 1.54) is 105 Å². The second-order valence-corrected chi connectivity index (χ2v) is 21.2. The van der Waals surface area contributed by atoms with Crippen molar-refractivity contribution in [2.45, 2.75) is 50.5 Å². The van der Waals surface area contributed by atoms with E-state index in [2.05, 4.69) is 269 Å². The maximum atomic E-state index is 6.32. The lowest BCUT2D eigenvalue weighted by molar-refractivity contribution is 0.269. The molecule has 0 fully saturated rings. The Hall–Kier alpha value is -8.46. The van der Waals surface area contributed by atoms with E-state index < -0.39 is 0 Å². The fourth-order valence-electron chi connectivity index (χ4n) is 12.4. The molecule has 0 N–H and O–H groups in total. The molecule has 2 atom stereocenters. The van der Waals surface area contributed by atoms with E-state index in [9.17, 15) is 0 Å². The minimum absolute atomic E-state index is 0.0475. The normalized spacial score (nSPS) is 17.0. The van der Waals surface area contributed by atoms with Crippen molar-refractivity contribution < 1.29 is 4.74 Å². The van der Waals surface area contributed by atoms with Crippen LogP contribution in [0.3, 0.4) is 0 Å². The zero-order chi connectivity index (χ0) is 48.3. The number of anilines is 3. The van der Waals surface area contributed by atoms with Crippen LogP contribution in [0.25, 0.3) is 72.0 Å². The van der Waals surface area contributed by atoms with Crippen molar-refractivity contribution in [2.24, 2.45) is 0 Å². The third-order valence-electron chi connectivity index (χ3n) is 16.4. The van der Waals surface area contributed by atoms with Crippen LogP contribution >= 0.6 is 0 Å². The van der Waals surface area contributed by atoms with E-state index in [0.29, 0.717) is 0 Å². The summed E-state index contributed by atoms with van der Waals surface area (Å²) < 4.78 is 6.32. The highest BCUT2D eigenvalue weighted by atomic mass is 16.5. The fraction of sp³-hybridized carbons (Fsp3) is 0.114. The Morgan fingerprint density at radius 3 is 1.49 bits per heavy atom. The Labute approximate surface area is 422 Å². The predicted octanol–water partition coefficient (Wildman–Crippen LogP) is 18.4. The van der Waals surface area contributed by atoms with Gasteiger partial charge in [-0.1, -0.05) is 198 Å². The third kappa shape index (κ3) is 6.70. The van der Waals surface area contributed by atoms with Crippen LogP contribution in [0, 0.1) is 0 Å². The van der Waals surface area contributed by atoms with Gasteiger partial charge in [-0.05, 0) is 167 Å². The number of hydrogen-bond acceptors (Lipinski definition) is 2. The van der Waals surface area contributed by atoms with Crippen LogP contribution in [-0.2, 0) is 10.8 Å². The molecule has 0 amide bonds. The van der Waals surface area contributed by atoms with Crippen molar-refractivity contribution in [2.75, 3.05) is 4.90 Å². The summed E-state index contributed by atoms with van der Waals surface area (Å²) in [6.07, 6.45) is 6.95. The number of hydrogen-bond donors (Lipinski definition) is 0. The summed E-state index contributed by atoms with van der Waals surface area (Å²) in [5, 5.41) is 2.53. The highest BCUT2D eigenvalue weighted by Crippen LogP contribution is 2.55. The van der Waals surface area contributed by atoms with E-state index in [0.717, 1.165) is 22.8 Å². The lowest BCUT2D eigenvalue weighted by Gasteiger charge is -2.30. The summed E-state index contributed by atoms with van der Waals surface area (Å²) in [5.41, 5.74) is 24.7. The van der Waals surface area contributed by atoms with Crippen LogP contribution in [-0.4, -0.2) is 6.10 Å². The summed E-state index contributed by atoms with van der Waals surface area (Å²) in [6, 6.07) is 81.2. The number of fused-ring (bicyclic) bond motifs is 10. The van der Waals surface area contributed by atoms with Gasteiger partial charge >= 0.3 is 0 Å². The first-order valence-electron chi connectivity index (χ1n) is 25.5. The molecule has 0 radical (unpaired) electrons. The smallest absolute Gasteiger partial charge is 0.128 e. The second kappa shape index (κ2) is 16.0. The largest absolute Gasteiger partial charge is 0.485 e. The van der Waals surface area contributed by atoms with Gasteiger partial charge in [0.2, 0.25) is 0 Å². The van der Waals surface area contributed by atoms with E-state index in [-0.39, 0.29) is 22.9 Å².